The Morgan fingerprint density at radius 3 is 2.83 bits per heavy atom. The topological polar surface area (TPSA) is 73.1 Å². The molecule has 0 aliphatic rings. The number of hydrogen-bond donors (Lipinski definition) is 2. The van der Waals surface area contributed by atoms with Crippen molar-refractivity contribution in [2.45, 2.75) is 6.54 Å². The monoisotopic (exact) mass is 308 g/mol. The van der Waals surface area contributed by atoms with Gasteiger partial charge in [0, 0.05) is 11.0 Å². The van der Waals surface area contributed by atoms with E-state index >= 15 is 0 Å². The maximum atomic E-state index is 5.87. The van der Waals surface area contributed by atoms with Crippen LogP contribution in [0.4, 0.5) is 11.5 Å². The first-order valence-electron chi connectivity index (χ1n) is 5.34. The standard InChI is InChI=1S/C12H13BrN4O/c1-18-12-10(14)11(16-7-17-12)15-6-8-4-2-3-5-9(8)13/h2-5,7H,6,14H2,1H3,(H,15,16,17). The minimum atomic E-state index is 0.375. The van der Waals surface area contributed by atoms with Gasteiger partial charge in [-0.3, -0.25) is 0 Å². The van der Waals surface area contributed by atoms with E-state index in [1.807, 2.05) is 24.3 Å². The average Bonchev–Trinajstić information content (AvgIpc) is 2.39. The number of methoxy groups -OCH3 is 1. The van der Waals surface area contributed by atoms with E-state index in [0.29, 0.717) is 23.9 Å². The van der Waals surface area contributed by atoms with Crippen molar-refractivity contribution >= 4 is 27.4 Å². The van der Waals surface area contributed by atoms with E-state index in [9.17, 15) is 0 Å². The first kappa shape index (κ1) is 12.6. The summed E-state index contributed by atoms with van der Waals surface area (Å²) in [6.45, 7) is 0.617. The number of rotatable bonds is 4. The molecule has 0 aliphatic heterocycles. The Kier molecular flexibility index (Phi) is 3.99. The summed E-state index contributed by atoms with van der Waals surface area (Å²) < 4.78 is 6.08. The molecule has 0 spiro atoms. The molecule has 0 saturated heterocycles. The lowest BCUT2D eigenvalue weighted by Gasteiger charge is -2.10. The highest BCUT2D eigenvalue weighted by molar-refractivity contribution is 9.10. The molecule has 0 amide bonds. The van der Waals surface area contributed by atoms with Crippen molar-refractivity contribution in [2.75, 3.05) is 18.2 Å². The minimum absolute atomic E-state index is 0.375. The fourth-order valence-corrected chi connectivity index (χ4v) is 1.93. The molecule has 6 heteroatoms. The highest BCUT2D eigenvalue weighted by Gasteiger charge is 2.08. The van der Waals surface area contributed by atoms with E-state index in [4.69, 9.17) is 10.5 Å². The first-order chi connectivity index (χ1) is 8.72. The smallest absolute Gasteiger partial charge is 0.242 e. The van der Waals surface area contributed by atoms with Gasteiger partial charge in [0.1, 0.15) is 12.0 Å². The van der Waals surface area contributed by atoms with Crippen molar-refractivity contribution in [3.05, 3.63) is 40.6 Å². The van der Waals surface area contributed by atoms with Crippen molar-refractivity contribution < 1.29 is 4.74 Å². The summed E-state index contributed by atoms with van der Waals surface area (Å²) in [6, 6.07) is 7.95. The van der Waals surface area contributed by atoms with Gasteiger partial charge in [-0.2, -0.15) is 4.98 Å². The van der Waals surface area contributed by atoms with Crippen LogP contribution in [-0.4, -0.2) is 17.1 Å². The third kappa shape index (κ3) is 2.70. The van der Waals surface area contributed by atoms with Crippen LogP contribution in [0.2, 0.25) is 0 Å². The lowest BCUT2D eigenvalue weighted by Crippen LogP contribution is -2.07. The van der Waals surface area contributed by atoms with Gasteiger partial charge in [0.05, 0.1) is 7.11 Å². The number of nitrogens with two attached hydrogens (primary N) is 1. The molecule has 2 aromatic rings. The molecule has 94 valence electrons. The molecule has 0 fully saturated rings. The predicted octanol–water partition coefficient (Wildman–Crippen LogP) is 2.44. The van der Waals surface area contributed by atoms with Crippen LogP contribution in [0.5, 0.6) is 5.88 Å². The van der Waals surface area contributed by atoms with Crippen molar-refractivity contribution in [2.24, 2.45) is 0 Å². The Balaban J connectivity index is 2.14. The highest BCUT2D eigenvalue weighted by atomic mass is 79.9. The van der Waals surface area contributed by atoms with Crippen molar-refractivity contribution in [1.82, 2.24) is 9.97 Å². The Hall–Kier alpha value is -1.82. The van der Waals surface area contributed by atoms with Crippen molar-refractivity contribution in [3.8, 4) is 5.88 Å². The second kappa shape index (κ2) is 5.68. The van der Waals surface area contributed by atoms with E-state index in [1.165, 1.54) is 13.4 Å². The molecule has 0 bridgehead atoms. The van der Waals surface area contributed by atoms with Gasteiger partial charge >= 0.3 is 0 Å². The second-order valence-electron chi connectivity index (χ2n) is 3.59. The van der Waals surface area contributed by atoms with E-state index in [2.05, 4.69) is 31.2 Å². The zero-order valence-electron chi connectivity index (χ0n) is 9.85. The number of benzene rings is 1. The molecule has 0 saturated carbocycles. The molecule has 0 radical (unpaired) electrons. The third-order valence-electron chi connectivity index (χ3n) is 2.44. The lowest BCUT2D eigenvalue weighted by atomic mass is 10.2. The molecular formula is C12H13BrN4O. The average molecular weight is 309 g/mol. The van der Waals surface area contributed by atoms with Gasteiger partial charge in [-0.25, -0.2) is 4.98 Å². The third-order valence-corrected chi connectivity index (χ3v) is 3.22. The molecule has 1 aromatic heterocycles. The van der Waals surface area contributed by atoms with Gasteiger partial charge in [0.25, 0.3) is 0 Å². The molecule has 0 aliphatic carbocycles. The summed E-state index contributed by atoms with van der Waals surface area (Å²) in [6.07, 6.45) is 1.41. The van der Waals surface area contributed by atoms with E-state index in [1.54, 1.807) is 0 Å². The molecule has 1 heterocycles. The van der Waals surface area contributed by atoms with Crippen LogP contribution in [0.15, 0.2) is 35.1 Å². The summed E-state index contributed by atoms with van der Waals surface area (Å²) in [5.41, 5.74) is 7.40. The van der Waals surface area contributed by atoms with Gasteiger partial charge in [-0.05, 0) is 11.6 Å². The molecule has 2 rings (SSSR count). The molecule has 18 heavy (non-hydrogen) atoms. The van der Waals surface area contributed by atoms with Crippen molar-refractivity contribution in [1.29, 1.82) is 0 Å². The van der Waals surface area contributed by atoms with Crippen LogP contribution in [0.3, 0.4) is 0 Å². The number of halogens is 1. The highest BCUT2D eigenvalue weighted by Crippen LogP contribution is 2.25. The number of nitrogen functional groups attached to an aromatic ring is 1. The maximum Gasteiger partial charge on any atom is 0.242 e. The van der Waals surface area contributed by atoms with Gasteiger partial charge in [0.15, 0.2) is 5.82 Å². The van der Waals surface area contributed by atoms with Gasteiger partial charge in [0.2, 0.25) is 5.88 Å². The SMILES string of the molecule is COc1ncnc(NCc2ccccc2Br)c1N. The predicted molar refractivity (Wildman–Crippen MR) is 74.5 cm³/mol. The van der Waals surface area contributed by atoms with Crippen LogP contribution in [0.1, 0.15) is 5.56 Å². The Labute approximate surface area is 114 Å². The van der Waals surface area contributed by atoms with E-state index in [0.717, 1.165) is 10.0 Å². The summed E-state index contributed by atoms with van der Waals surface area (Å²) in [5, 5.41) is 3.16. The number of hydrogen-bond acceptors (Lipinski definition) is 5. The van der Waals surface area contributed by atoms with Gasteiger partial charge in [-0.15, -0.1) is 0 Å². The number of anilines is 2. The normalized spacial score (nSPS) is 10.1. The van der Waals surface area contributed by atoms with Gasteiger partial charge < -0.3 is 15.8 Å². The second-order valence-corrected chi connectivity index (χ2v) is 4.44. The van der Waals surface area contributed by atoms with Crippen LogP contribution in [0.25, 0.3) is 0 Å². The van der Waals surface area contributed by atoms with Crippen LogP contribution >= 0.6 is 15.9 Å². The molecule has 0 unspecified atom stereocenters. The van der Waals surface area contributed by atoms with Crippen molar-refractivity contribution in [3.63, 3.8) is 0 Å². The quantitative estimate of drug-likeness (QED) is 0.907. The summed E-state index contributed by atoms with van der Waals surface area (Å²) >= 11 is 3.49. The fourth-order valence-electron chi connectivity index (χ4n) is 1.50. The fraction of sp³-hybridized carbons (Fsp3) is 0.167. The largest absolute Gasteiger partial charge is 0.479 e. The van der Waals surface area contributed by atoms with Crippen LogP contribution in [0, 0.1) is 0 Å². The Morgan fingerprint density at radius 2 is 2.11 bits per heavy atom. The Morgan fingerprint density at radius 1 is 1.33 bits per heavy atom. The Bertz CT molecular complexity index is 547. The molecule has 5 nitrogen and oxygen atoms in total. The molecule has 0 atom stereocenters. The number of ether oxygens (including phenoxy) is 1. The minimum Gasteiger partial charge on any atom is -0.479 e. The molecule has 1 aromatic carbocycles. The maximum absolute atomic E-state index is 5.87. The summed E-state index contributed by atoms with van der Waals surface area (Å²) in [4.78, 5) is 8.01. The van der Waals surface area contributed by atoms with Crippen LogP contribution < -0.4 is 15.8 Å². The number of aromatic nitrogens is 2. The number of nitrogens with zero attached hydrogens (tertiary/aromatic N) is 2. The summed E-state index contributed by atoms with van der Waals surface area (Å²) in [7, 11) is 1.52. The zero-order valence-corrected chi connectivity index (χ0v) is 11.4. The van der Waals surface area contributed by atoms with Gasteiger partial charge in [-0.1, -0.05) is 34.1 Å². The zero-order chi connectivity index (χ0) is 13.0. The summed E-state index contributed by atoms with van der Waals surface area (Å²) in [5.74, 6) is 0.942. The van der Waals surface area contributed by atoms with E-state index < -0.39 is 0 Å². The van der Waals surface area contributed by atoms with Crippen LogP contribution in [-0.2, 0) is 6.54 Å². The molecule has 3 N–H and O–H groups in total. The lowest BCUT2D eigenvalue weighted by molar-refractivity contribution is 0.399. The molecular weight excluding hydrogens is 296 g/mol. The first-order valence-corrected chi connectivity index (χ1v) is 6.13. The van der Waals surface area contributed by atoms with E-state index in [-0.39, 0.29) is 0 Å². The number of nitrogens with one attached hydrogen (secondary N) is 1.